The Morgan fingerprint density at radius 3 is 1.05 bits per heavy atom. The maximum Gasteiger partial charge on any atom is 0.164 e. The number of rotatable bonds is 9. The van der Waals surface area contributed by atoms with Crippen LogP contribution in [0.4, 0.5) is 0 Å². The standard InChI is InChI=1S/C87H54N8/c1-3-22-55(23-4-1)85-88-86(58-24-21-27-61(50-58)92-73-35-14-7-28-63(73)64-29-8-15-36-74(64)92)90-87(89-85)59-44-48-82(84(53-59)95-77-39-18-10-30-65(77)66-31-11-19-40-78(66)95)94-79-41-20-13-33-68(79)71-51-56(43-47-81(71)94)57-42-46-70-67-32-9-16-37-75(67)93(83(70)52-57)62-45-49-80-72(54-62)69-34-12-17-38-76(69)91(80)60-25-5-2-6-26-60/h1-54H. The average Bonchev–Trinajstić information content (AvgIpc) is 1.60. The molecule has 0 amide bonds. The monoisotopic (exact) mass is 1210 g/mol. The molecule has 20 rings (SSSR count). The lowest BCUT2D eigenvalue weighted by Crippen LogP contribution is -2.05. The minimum atomic E-state index is 0.573. The highest BCUT2D eigenvalue weighted by atomic mass is 15.1. The first-order chi connectivity index (χ1) is 47.1. The third-order valence-corrected chi connectivity index (χ3v) is 19.5. The van der Waals surface area contributed by atoms with Crippen LogP contribution in [0.3, 0.4) is 0 Å². The van der Waals surface area contributed by atoms with Gasteiger partial charge in [-0.1, -0.05) is 206 Å². The second-order valence-corrected chi connectivity index (χ2v) is 24.7. The zero-order chi connectivity index (χ0) is 62.2. The van der Waals surface area contributed by atoms with Crippen molar-refractivity contribution < 1.29 is 0 Å². The Morgan fingerprint density at radius 1 is 0.158 bits per heavy atom. The van der Waals surface area contributed by atoms with Crippen LogP contribution in [0, 0.1) is 0 Å². The maximum absolute atomic E-state index is 5.46. The lowest BCUT2D eigenvalue weighted by Gasteiger charge is -2.18. The number of hydrogen-bond acceptors (Lipinski definition) is 3. The van der Waals surface area contributed by atoms with Gasteiger partial charge in [-0.2, -0.15) is 0 Å². The minimum Gasteiger partial charge on any atom is -0.309 e. The van der Waals surface area contributed by atoms with Gasteiger partial charge in [-0.15, -0.1) is 0 Å². The highest BCUT2D eigenvalue weighted by molar-refractivity contribution is 6.16. The topological polar surface area (TPSA) is 63.3 Å². The van der Waals surface area contributed by atoms with Gasteiger partial charge in [0, 0.05) is 87.6 Å². The zero-order valence-corrected chi connectivity index (χ0v) is 51.3. The molecule has 6 heterocycles. The van der Waals surface area contributed by atoms with Gasteiger partial charge in [-0.3, -0.25) is 0 Å². The summed E-state index contributed by atoms with van der Waals surface area (Å²) < 4.78 is 12.1. The van der Waals surface area contributed by atoms with Crippen molar-refractivity contribution in [3.8, 4) is 73.7 Å². The lowest BCUT2D eigenvalue weighted by atomic mass is 10.0. The van der Waals surface area contributed by atoms with E-state index in [1.165, 1.54) is 59.6 Å². The van der Waals surface area contributed by atoms with E-state index in [-0.39, 0.29) is 0 Å². The molecule has 0 unspecified atom stereocenters. The summed E-state index contributed by atoms with van der Waals surface area (Å²) in [5.74, 6) is 1.76. The molecule has 0 aliphatic rings. The third-order valence-electron chi connectivity index (χ3n) is 19.5. The smallest absolute Gasteiger partial charge is 0.164 e. The Bertz CT molecular complexity index is 6430. The molecule has 442 valence electrons. The van der Waals surface area contributed by atoms with Crippen LogP contribution >= 0.6 is 0 Å². The number of fused-ring (bicyclic) bond motifs is 15. The van der Waals surface area contributed by atoms with Crippen LogP contribution in [0.2, 0.25) is 0 Å². The summed E-state index contributed by atoms with van der Waals surface area (Å²) in [4.78, 5) is 16.1. The van der Waals surface area contributed by atoms with Crippen LogP contribution < -0.4 is 0 Å². The van der Waals surface area contributed by atoms with E-state index in [0.717, 1.165) is 106 Å². The Kier molecular flexibility index (Phi) is 11.6. The molecule has 95 heavy (non-hydrogen) atoms. The predicted octanol–water partition coefficient (Wildman–Crippen LogP) is 22.0. The van der Waals surface area contributed by atoms with Crippen molar-refractivity contribution in [1.82, 2.24) is 37.8 Å². The second kappa shape index (κ2) is 20.8. The van der Waals surface area contributed by atoms with Crippen LogP contribution in [-0.4, -0.2) is 37.8 Å². The molecule has 0 spiro atoms. The quantitative estimate of drug-likeness (QED) is 0.145. The molecule has 0 bridgehead atoms. The van der Waals surface area contributed by atoms with Gasteiger partial charge in [0.05, 0.1) is 66.5 Å². The normalized spacial score (nSPS) is 12.0. The minimum absolute atomic E-state index is 0.573. The molecule has 8 nitrogen and oxygen atoms in total. The van der Waals surface area contributed by atoms with E-state index >= 15 is 0 Å². The molecule has 0 N–H and O–H groups in total. The average molecular weight is 1210 g/mol. The largest absolute Gasteiger partial charge is 0.309 e. The number of hydrogen-bond donors (Lipinski definition) is 0. The molecule has 0 aliphatic carbocycles. The first-order valence-corrected chi connectivity index (χ1v) is 32.3. The van der Waals surface area contributed by atoms with Crippen LogP contribution in [0.5, 0.6) is 0 Å². The molecule has 6 aromatic heterocycles. The van der Waals surface area contributed by atoms with Gasteiger partial charge in [0.2, 0.25) is 0 Å². The number of aromatic nitrogens is 8. The van der Waals surface area contributed by atoms with Crippen molar-refractivity contribution in [1.29, 1.82) is 0 Å². The van der Waals surface area contributed by atoms with E-state index in [0.29, 0.717) is 17.5 Å². The Balaban J connectivity index is 0.765. The van der Waals surface area contributed by atoms with E-state index in [1.54, 1.807) is 0 Å². The number of nitrogens with zero attached hydrogens (tertiary/aromatic N) is 8. The van der Waals surface area contributed by atoms with Crippen LogP contribution in [0.1, 0.15) is 0 Å². The molecular weight excluding hydrogens is 1160 g/mol. The predicted molar refractivity (Wildman–Crippen MR) is 393 cm³/mol. The first-order valence-electron chi connectivity index (χ1n) is 32.3. The summed E-state index contributed by atoms with van der Waals surface area (Å²) in [6, 6.07) is 118. The Hall–Kier alpha value is -12.9. The summed E-state index contributed by atoms with van der Waals surface area (Å²) >= 11 is 0. The fourth-order valence-electron chi connectivity index (χ4n) is 15.3. The molecule has 20 aromatic rings. The van der Waals surface area contributed by atoms with Gasteiger partial charge in [0.15, 0.2) is 17.5 Å². The fraction of sp³-hybridized carbons (Fsp3) is 0. The second-order valence-electron chi connectivity index (χ2n) is 24.7. The highest BCUT2D eigenvalue weighted by Gasteiger charge is 2.24. The fourth-order valence-corrected chi connectivity index (χ4v) is 15.3. The van der Waals surface area contributed by atoms with Gasteiger partial charge < -0.3 is 22.8 Å². The molecule has 0 fully saturated rings. The van der Waals surface area contributed by atoms with Gasteiger partial charge in [-0.05, 0) is 132 Å². The van der Waals surface area contributed by atoms with E-state index in [2.05, 4.69) is 332 Å². The van der Waals surface area contributed by atoms with Crippen molar-refractivity contribution in [2.75, 3.05) is 0 Å². The van der Waals surface area contributed by atoms with Crippen molar-refractivity contribution in [3.63, 3.8) is 0 Å². The summed E-state index contributed by atoms with van der Waals surface area (Å²) in [5.41, 5.74) is 21.6. The van der Waals surface area contributed by atoms with Gasteiger partial charge >= 0.3 is 0 Å². The van der Waals surface area contributed by atoms with Crippen molar-refractivity contribution >= 4 is 109 Å². The molecule has 0 saturated heterocycles. The maximum atomic E-state index is 5.46. The summed E-state index contributed by atoms with van der Waals surface area (Å²) in [5, 5.41) is 12.0. The molecule has 8 heteroatoms. The molecule has 0 atom stereocenters. The van der Waals surface area contributed by atoms with Crippen LogP contribution in [0.25, 0.3) is 183 Å². The molecule has 0 saturated carbocycles. The van der Waals surface area contributed by atoms with Gasteiger partial charge in [0.1, 0.15) is 0 Å². The molecular formula is C87H54N8. The summed E-state index contributed by atoms with van der Waals surface area (Å²) in [6.07, 6.45) is 0. The van der Waals surface area contributed by atoms with Crippen LogP contribution in [-0.2, 0) is 0 Å². The summed E-state index contributed by atoms with van der Waals surface area (Å²) in [7, 11) is 0. The number of para-hydroxylation sites is 8. The van der Waals surface area contributed by atoms with Crippen LogP contribution in [0.15, 0.2) is 328 Å². The lowest BCUT2D eigenvalue weighted by molar-refractivity contribution is 1.06. The molecule has 0 aliphatic heterocycles. The molecule has 14 aromatic carbocycles. The highest BCUT2D eigenvalue weighted by Crippen LogP contribution is 2.44. The number of benzene rings is 14. The SMILES string of the molecule is c1ccc(-c2nc(-c3cccc(-n4c5ccccc5c5ccccc54)c3)nc(-c3ccc(-n4c5ccccc5c5cc(-c6ccc7c8ccccc8n(-c8ccc9c(c8)c8ccccc8n9-c8ccccc8)c7c6)ccc54)c(-n4c5ccccc5c5ccccc54)c3)n2)cc1. The first kappa shape index (κ1) is 52.8. The van der Waals surface area contributed by atoms with E-state index in [4.69, 9.17) is 15.0 Å². The Labute approximate surface area is 545 Å². The Morgan fingerprint density at radius 2 is 0.495 bits per heavy atom. The van der Waals surface area contributed by atoms with Gasteiger partial charge in [-0.25, -0.2) is 15.0 Å². The van der Waals surface area contributed by atoms with E-state index in [9.17, 15) is 0 Å². The summed E-state index contributed by atoms with van der Waals surface area (Å²) in [6.45, 7) is 0. The van der Waals surface area contributed by atoms with Gasteiger partial charge in [0.25, 0.3) is 0 Å². The molecule has 0 radical (unpaired) electrons. The zero-order valence-electron chi connectivity index (χ0n) is 51.3. The van der Waals surface area contributed by atoms with Crippen molar-refractivity contribution in [2.24, 2.45) is 0 Å². The van der Waals surface area contributed by atoms with Crippen molar-refractivity contribution in [3.05, 3.63) is 328 Å². The van der Waals surface area contributed by atoms with E-state index in [1.807, 2.05) is 18.2 Å². The third kappa shape index (κ3) is 8.11. The van der Waals surface area contributed by atoms with E-state index < -0.39 is 0 Å². The van der Waals surface area contributed by atoms with Crippen molar-refractivity contribution in [2.45, 2.75) is 0 Å².